The van der Waals surface area contributed by atoms with Crippen molar-refractivity contribution < 1.29 is 9.90 Å². The van der Waals surface area contributed by atoms with Gasteiger partial charge in [-0.2, -0.15) is 5.10 Å². The van der Waals surface area contributed by atoms with Crippen molar-refractivity contribution in [2.24, 2.45) is 5.73 Å². The lowest BCUT2D eigenvalue weighted by Crippen LogP contribution is -1.95. The Kier molecular flexibility index (Phi) is 3.54. The lowest BCUT2D eigenvalue weighted by atomic mass is 10.1. The number of aromatic amines is 1. The number of carboxylic acids is 1. The van der Waals surface area contributed by atoms with Gasteiger partial charge in [0.2, 0.25) is 0 Å². The van der Waals surface area contributed by atoms with Crippen molar-refractivity contribution >= 4 is 12.0 Å². The van der Waals surface area contributed by atoms with Gasteiger partial charge in [0, 0.05) is 12.1 Å². The molecule has 0 saturated carbocycles. The lowest BCUT2D eigenvalue weighted by molar-refractivity contribution is 0.0690. The molecule has 1 aromatic carbocycles. The SMILES string of the molecule is NCC=Cc1ccc(-c2cc(C(=O)O)[nH]n2)cc1. The summed E-state index contributed by atoms with van der Waals surface area (Å²) >= 11 is 0. The molecular weight excluding hydrogens is 230 g/mol. The van der Waals surface area contributed by atoms with Crippen LogP contribution in [0.5, 0.6) is 0 Å². The van der Waals surface area contributed by atoms with Gasteiger partial charge in [0.05, 0.1) is 5.69 Å². The maximum Gasteiger partial charge on any atom is 0.353 e. The average Bonchev–Trinajstić information content (AvgIpc) is 2.87. The summed E-state index contributed by atoms with van der Waals surface area (Å²) in [6, 6.07) is 9.14. The van der Waals surface area contributed by atoms with Crippen molar-refractivity contribution in [1.82, 2.24) is 10.2 Å². The van der Waals surface area contributed by atoms with Crippen LogP contribution in [-0.2, 0) is 0 Å². The summed E-state index contributed by atoms with van der Waals surface area (Å²) in [7, 11) is 0. The predicted molar refractivity (Wildman–Crippen MR) is 69.1 cm³/mol. The summed E-state index contributed by atoms with van der Waals surface area (Å²) in [5, 5.41) is 15.2. The van der Waals surface area contributed by atoms with Crippen LogP contribution in [0.1, 0.15) is 16.1 Å². The molecule has 0 unspecified atom stereocenters. The van der Waals surface area contributed by atoms with Gasteiger partial charge in [-0.15, -0.1) is 0 Å². The normalized spacial score (nSPS) is 10.9. The van der Waals surface area contributed by atoms with Crippen LogP contribution in [0.2, 0.25) is 0 Å². The maximum atomic E-state index is 10.7. The van der Waals surface area contributed by atoms with Crippen LogP contribution < -0.4 is 5.73 Å². The van der Waals surface area contributed by atoms with Crippen molar-refractivity contribution in [3.05, 3.63) is 47.7 Å². The molecule has 1 heterocycles. The molecule has 0 aliphatic rings. The van der Waals surface area contributed by atoms with E-state index in [-0.39, 0.29) is 5.69 Å². The van der Waals surface area contributed by atoms with Crippen molar-refractivity contribution in [2.75, 3.05) is 6.54 Å². The molecule has 0 saturated heterocycles. The molecule has 5 nitrogen and oxygen atoms in total. The summed E-state index contributed by atoms with van der Waals surface area (Å²) in [5.74, 6) is -1.02. The Morgan fingerprint density at radius 2 is 2.11 bits per heavy atom. The van der Waals surface area contributed by atoms with Crippen molar-refractivity contribution in [2.45, 2.75) is 0 Å². The van der Waals surface area contributed by atoms with E-state index in [0.29, 0.717) is 12.2 Å². The quantitative estimate of drug-likeness (QED) is 0.762. The number of aromatic nitrogens is 2. The summed E-state index contributed by atoms with van der Waals surface area (Å²) in [5.41, 5.74) is 7.97. The molecule has 0 atom stereocenters. The van der Waals surface area contributed by atoms with E-state index in [9.17, 15) is 4.79 Å². The summed E-state index contributed by atoms with van der Waals surface area (Å²) in [6.07, 6.45) is 3.79. The minimum Gasteiger partial charge on any atom is -0.477 e. The molecule has 0 aliphatic heterocycles. The molecule has 18 heavy (non-hydrogen) atoms. The molecule has 0 spiro atoms. The van der Waals surface area contributed by atoms with Gasteiger partial charge < -0.3 is 10.8 Å². The largest absolute Gasteiger partial charge is 0.477 e. The highest BCUT2D eigenvalue weighted by Crippen LogP contribution is 2.18. The zero-order valence-corrected chi connectivity index (χ0v) is 9.63. The zero-order valence-electron chi connectivity index (χ0n) is 9.63. The van der Waals surface area contributed by atoms with Crippen molar-refractivity contribution in [1.29, 1.82) is 0 Å². The minimum absolute atomic E-state index is 0.0807. The summed E-state index contributed by atoms with van der Waals surface area (Å²) < 4.78 is 0. The average molecular weight is 243 g/mol. The molecule has 0 aliphatic carbocycles. The molecule has 5 heteroatoms. The Hall–Kier alpha value is -2.40. The summed E-state index contributed by atoms with van der Waals surface area (Å²) in [6.45, 7) is 0.503. The van der Waals surface area contributed by atoms with E-state index < -0.39 is 5.97 Å². The van der Waals surface area contributed by atoms with Gasteiger partial charge in [-0.1, -0.05) is 36.4 Å². The first kappa shape index (κ1) is 12.1. The van der Waals surface area contributed by atoms with Crippen LogP contribution in [0.25, 0.3) is 17.3 Å². The third kappa shape index (κ3) is 2.64. The molecule has 0 bridgehead atoms. The highest BCUT2D eigenvalue weighted by molar-refractivity contribution is 5.86. The van der Waals surface area contributed by atoms with Gasteiger partial charge >= 0.3 is 5.97 Å². The lowest BCUT2D eigenvalue weighted by Gasteiger charge is -1.97. The highest BCUT2D eigenvalue weighted by atomic mass is 16.4. The third-order valence-corrected chi connectivity index (χ3v) is 2.46. The standard InChI is InChI=1S/C13H13N3O2/c14-7-1-2-9-3-5-10(6-4-9)11-8-12(13(17)18)16-15-11/h1-6,8H,7,14H2,(H,15,16)(H,17,18). The van der Waals surface area contributed by atoms with E-state index >= 15 is 0 Å². The van der Waals surface area contributed by atoms with Crippen LogP contribution in [0.15, 0.2) is 36.4 Å². The van der Waals surface area contributed by atoms with E-state index in [2.05, 4.69) is 10.2 Å². The van der Waals surface area contributed by atoms with Gasteiger partial charge in [0.15, 0.2) is 0 Å². The Labute approximate surface area is 104 Å². The van der Waals surface area contributed by atoms with E-state index in [1.54, 1.807) is 0 Å². The number of nitrogens with two attached hydrogens (primary N) is 1. The maximum absolute atomic E-state index is 10.7. The first-order chi connectivity index (χ1) is 8.70. The molecule has 0 fully saturated rings. The first-order valence-electron chi connectivity index (χ1n) is 5.46. The summed E-state index contributed by atoms with van der Waals surface area (Å²) in [4.78, 5) is 10.7. The molecular formula is C13H13N3O2. The van der Waals surface area contributed by atoms with Gasteiger partial charge in [-0.3, -0.25) is 5.10 Å². The second-order valence-electron chi connectivity index (χ2n) is 3.73. The number of nitrogens with zero attached hydrogens (tertiary/aromatic N) is 1. The molecule has 0 radical (unpaired) electrons. The van der Waals surface area contributed by atoms with Crippen molar-refractivity contribution in [3.8, 4) is 11.3 Å². The number of aromatic carboxylic acids is 1. The van der Waals surface area contributed by atoms with E-state index in [1.165, 1.54) is 6.07 Å². The Morgan fingerprint density at radius 1 is 1.39 bits per heavy atom. The number of carboxylic acid groups (broad SMARTS) is 1. The van der Waals surface area contributed by atoms with E-state index in [1.807, 2.05) is 36.4 Å². The topological polar surface area (TPSA) is 92.0 Å². The molecule has 0 amide bonds. The number of nitrogens with one attached hydrogen (secondary N) is 1. The number of H-pyrrole nitrogens is 1. The van der Waals surface area contributed by atoms with Crippen LogP contribution in [0.3, 0.4) is 0 Å². The number of benzene rings is 1. The fourth-order valence-corrected chi connectivity index (χ4v) is 1.55. The monoisotopic (exact) mass is 243 g/mol. The van der Waals surface area contributed by atoms with Gasteiger partial charge in [-0.25, -0.2) is 4.79 Å². The number of hydrogen-bond acceptors (Lipinski definition) is 3. The molecule has 2 aromatic rings. The minimum atomic E-state index is -1.02. The Bertz CT molecular complexity index is 570. The molecule has 1 aromatic heterocycles. The third-order valence-electron chi connectivity index (χ3n) is 2.46. The van der Waals surface area contributed by atoms with E-state index in [0.717, 1.165) is 11.1 Å². The second kappa shape index (κ2) is 5.29. The van der Waals surface area contributed by atoms with Crippen LogP contribution in [0, 0.1) is 0 Å². The van der Waals surface area contributed by atoms with E-state index in [4.69, 9.17) is 10.8 Å². The van der Waals surface area contributed by atoms with Gasteiger partial charge in [0.1, 0.15) is 5.69 Å². The molecule has 4 N–H and O–H groups in total. The van der Waals surface area contributed by atoms with Gasteiger partial charge in [0.25, 0.3) is 0 Å². The van der Waals surface area contributed by atoms with Crippen LogP contribution in [-0.4, -0.2) is 27.8 Å². The number of rotatable bonds is 4. The highest BCUT2D eigenvalue weighted by Gasteiger charge is 2.08. The molecule has 92 valence electrons. The Balaban J connectivity index is 2.23. The Morgan fingerprint density at radius 3 is 2.67 bits per heavy atom. The second-order valence-corrected chi connectivity index (χ2v) is 3.73. The van der Waals surface area contributed by atoms with Gasteiger partial charge in [-0.05, 0) is 11.6 Å². The van der Waals surface area contributed by atoms with Crippen LogP contribution in [0.4, 0.5) is 0 Å². The smallest absolute Gasteiger partial charge is 0.353 e. The fraction of sp³-hybridized carbons (Fsp3) is 0.0769. The first-order valence-corrected chi connectivity index (χ1v) is 5.46. The van der Waals surface area contributed by atoms with Crippen LogP contribution >= 0.6 is 0 Å². The predicted octanol–water partition coefficient (Wildman–Crippen LogP) is 1.75. The number of carbonyl (C=O) groups is 1. The fourth-order valence-electron chi connectivity index (χ4n) is 1.55. The number of hydrogen-bond donors (Lipinski definition) is 3. The zero-order chi connectivity index (χ0) is 13.0. The van der Waals surface area contributed by atoms with Crippen molar-refractivity contribution in [3.63, 3.8) is 0 Å². The molecule has 2 rings (SSSR count).